The summed E-state index contributed by atoms with van der Waals surface area (Å²) >= 11 is 0. The number of aryl methyl sites for hydroxylation is 1. The molecule has 1 saturated heterocycles. The van der Waals surface area contributed by atoms with E-state index in [1.165, 1.54) is 0 Å². The number of aromatic nitrogens is 2. The lowest BCUT2D eigenvalue weighted by Gasteiger charge is -2.21. The molecule has 1 atom stereocenters. The molecule has 1 fully saturated rings. The second kappa shape index (κ2) is 5.12. The van der Waals surface area contributed by atoms with Crippen molar-refractivity contribution in [3.05, 3.63) is 18.2 Å². The molecule has 1 aromatic heterocycles. The van der Waals surface area contributed by atoms with Gasteiger partial charge in [0.25, 0.3) is 0 Å². The molecule has 16 heavy (non-hydrogen) atoms. The Bertz CT molecular complexity index is 355. The van der Waals surface area contributed by atoms with Crippen LogP contribution < -0.4 is 10.6 Å². The van der Waals surface area contributed by atoms with Gasteiger partial charge in [-0.1, -0.05) is 0 Å². The third-order valence-electron chi connectivity index (χ3n) is 3.01. The highest BCUT2D eigenvalue weighted by atomic mass is 16.1. The van der Waals surface area contributed by atoms with Crippen molar-refractivity contribution in [1.82, 2.24) is 20.2 Å². The van der Waals surface area contributed by atoms with Crippen molar-refractivity contribution < 1.29 is 4.79 Å². The van der Waals surface area contributed by atoms with Gasteiger partial charge in [-0.3, -0.25) is 4.79 Å². The van der Waals surface area contributed by atoms with Crippen molar-refractivity contribution in [2.45, 2.75) is 19.4 Å². The SMILES string of the molecule is Cn1ccnc1CNC(=O)C1CCCNC1. The topological polar surface area (TPSA) is 59.0 Å². The molecule has 0 saturated carbocycles. The van der Waals surface area contributed by atoms with Crippen molar-refractivity contribution in [2.24, 2.45) is 13.0 Å². The number of nitrogens with zero attached hydrogens (tertiary/aromatic N) is 2. The Balaban J connectivity index is 1.81. The molecule has 5 nitrogen and oxygen atoms in total. The van der Waals surface area contributed by atoms with Crippen LogP contribution in [0.5, 0.6) is 0 Å². The predicted octanol–water partition coefficient (Wildman–Crippen LogP) is 0.0359. The molecule has 0 bridgehead atoms. The highest BCUT2D eigenvalue weighted by Crippen LogP contribution is 2.09. The van der Waals surface area contributed by atoms with Crippen LogP contribution in [-0.4, -0.2) is 28.5 Å². The number of carbonyl (C=O) groups excluding carboxylic acids is 1. The summed E-state index contributed by atoms with van der Waals surface area (Å²) in [5, 5.41) is 6.17. The number of hydrogen-bond donors (Lipinski definition) is 2. The number of nitrogens with one attached hydrogen (secondary N) is 2. The zero-order chi connectivity index (χ0) is 11.4. The number of amides is 1. The third-order valence-corrected chi connectivity index (χ3v) is 3.01. The minimum absolute atomic E-state index is 0.119. The van der Waals surface area contributed by atoms with Gasteiger partial charge in [0.1, 0.15) is 5.82 Å². The lowest BCUT2D eigenvalue weighted by Crippen LogP contribution is -2.40. The van der Waals surface area contributed by atoms with Gasteiger partial charge in [-0.15, -0.1) is 0 Å². The minimum Gasteiger partial charge on any atom is -0.349 e. The van der Waals surface area contributed by atoms with Gasteiger partial charge in [0.15, 0.2) is 0 Å². The summed E-state index contributed by atoms with van der Waals surface area (Å²) in [4.78, 5) is 16.0. The zero-order valence-electron chi connectivity index (χ0n) is 9.57. The summed E-state index contributed by atoms with van der Waals surface area (Å²) in [5.74, 6) is 1.14. The average molecular weight is 222 g/mol. The Hall–Kier alpha value is -1.36. The summed E-state index contributed by atoms with van der Waals surface area (Å²) in [6.07, 6.45) is 5.69. The fourth-order valence-electron chi connectivity index (χ4n) is 1.95. The van der Waals surface area contributed by atoms with E-state index in [0.717, 1.165) is 31.8 Å². The van der Waals surface area contributed by atoms with Gasteiger partial charge in [-0.25, -0.2) is 4.98 Å². The van der Waals surface area contributed by atoms with E-state index in [1.54, 1.807) is 6.20 Å². The molecule has 0 radical (unpaired) electrons. The lowest BCUT2D eigenvalue weighted by atomic mass is 9.99. The van der Waals surface area contributed by atoms with Gasteiger partial charge in [-0.05, 0) is 19.4 Å². The molecule has 5 heteroatoms. The van der Waals surface area contributed by atoms with Crippen molar-refractivity contribution in [3.63, 3.8) is 0 Å². The lowest BCUT2D eigenvalue weighted by molar-refractivity contribution is -0.125. The molecule has 2 rings (SSSR count). The minimum atomic E-state index is 0.119. The van der Waals surface area contributed by atoms with Gasteiger partial charge in [0.2, 0.25) is 5.91 Å². The quantitative estimate of drug-likeness (QED) is 0.759. The Morgan fingerprint density at radius 1 is 1.75 bits per heavy atom. The molecule has 88 valence electrons. The van der Waals surface area contributed by atoms with Gasteiger partial charge in [0.05, 0.1) is 12.5 Å². The van der Waals surface area contributed by atoms with E-state index in [1.807, 2.05) is 17.8 Å². The maximum absolute atomic E-state index is 11.8. The molecule has 1 aliphatic rings. The summed E-state index contributed by atoms with van der Waals surface area (Å²) in [6, 6.07) is 0. The van der Waals surface area contributed by atoms with Crippen molar-refractivity contribution in [2.75, 3.05) is 13.1 Å². The monoisotopic (exact) mass is 222 g/mol. The Kier molecular flexibility index (Phi) is 3.56. The molecule has 1 aromatic rings. The van der Waals surface area contributed by atoms with Crippen LogP contribution >= 0.6 is 0 Å². The van der Waals surface area contributed by atoms with E-state index in [-0.39, 0.29) is 11.8 Å². The van der Waals surface area contributed by atoms with Crippen LogP contribution in [0.4, 0.5) is 0 Å². The fraction of sp³-hybridized carbons (Fsp3) is 0.636. The average Bonchev–Trinajstić information content (AvgIpc) is 2.73. The summed E-state index contributed by atoms with van der Waals surface area (Å²) in [6.45, 7) is 2.34. The molecule has 1 aliphatic heterocycles. The van der Waals surface area contributed by atoms with Gasteiger partial charge >= 0.3 is 0 Å². The van der Waals surface area contributed by atoms with Crippen molar-refractivity contribution in [1.29, 1.82) is 0 Å². The maximum Gasteiger partial charge on any atom is 0.224 e. The van der Waals surface area contributed by atoms with Crippen LogP contribution in [0.15, 0.2) is 12.4 Å². The highest BCUT2D eigenvalue weighted by Gasteiger charge is 2.20. The molecule has 1 unspecified atom stereocenters. The number of hydrogen-bond acceptors (Lipinski definition) is 3. The first-order valence-corrected chi connectivity index (χ1v) is 5.72. The molecule has 2 N–H and O–H groups in total. The third kappa shape index (κ3) is 2.61. The number of rotatable bonds is 3. The first-order chi connectivity index (χ1) is 7.77. The van der Waals surface area contributed by atoms with Crippen LogP contribution in [-0.2, 0) is 18.4 Å². The second-order valence-corrected chi connectivity index (χ2v) is 4.22. The van der Waals surface area contributed by atoms with Crippen LogP contribution in [0.3, 0.4) is 0 Å². The Labute approximate surface area is 95.2 Å². The van der Waals surface area contributed by atoms with Gasteiger partial charge < -0.3 is 15.2 Å². The number of carbonyl (C=O) groups is 1. The Morgan fingerprint density at radius 3 is 3.25 bits per heavy atom. The zero-order valence-corrected chi connectivity index (χ0v) is 9.57. The smallest absolute Gasteiger partial charge is 0.224 e. The standard InChI is InChI=1S/C11H18N4O/c1-15-6-5-13-10(15)8-14-11(16)9-3-2-4-12-7-9/h5-6,9,12H,2-4,7-8H2,1H3,(H,14,16). The van der Waals surface area contributed by atoms with Gasteiger partial charge in [0, 0.05) is 26.0 Å². The van der Waals surface area contributed by atoms with Crippen LogP contribution in [0.2, 0.25) is 0 Å². The van der Waals surface area contributed by atoms with E-state index in [9.17, 15) is 4.79 Å². The van der Waals surface area contributed by atoms with E-state index in [2.05, 4.69) is 15.6 Å². The largest absolute Gasteiger partial charge is 0.349 e. The molecule has 0 aliphatic carbocycles. The Morgan fingerprint density at radius 2 is 2.62 bits per heavy atom. The maximum atomic E-state index is 11.8. The van der Waals surface area contributed by atoms with Crippen LogP contribution in [0.1, 0.15) is 18.7 Å². The molecular weight excluding hydrogens is 204 g/mol. The molecule has 0 aromatic carbocycles. The van der Waals surface area contributed by atoms with E-state index in [0.29, 0.717) is 6.54 Å². The van der Waals surface area contributed by atoms with Crippen LogP contribution in [0, 0.1) is 5.92 Å². The van der Waals surface area contributed by atoms with E-state index < -0.39 is 0 Å². The van der Waals surface area contributed by atoms with E-state index in [4.69, 9.17) is 0 Å². The highest BCUT2D eigenvalue weighted by molar-refractivity contribution is 5.78. The number of piperidine rings is 1. The van der Waals surface area contributed by atoms with Gasteiger partial charge in [-0.2, -0.15) is 0 Å². The first kappa shape index (κ1) is 11.1. The van der Waals surface area contributed by atoms with Crippen LogP contribution in [0.25, 0.3) is 0 Å². The fourth-order valence-corrected chi connectivity index (χ4v) is 1.95. The van der Waals surface area contributed by atoms with E-state index >= 15 is 0 Å². The molecule has 1 amide bonds. The van der Waals surface area contributed by atoms with Crippen molar-refractivity contribution >= 4 is 5.91 Å². The second-order valence-electron chi connectivity index (χ2n) is 4.22. The van der Waals surface area contributed by atoms with Crippen molar-refractivity contribution in [3.8, 4) is 0 Å². The summed E-state index contributed by atoms with van der Waals surface area (Å²) in [5.41, 5.74) is 0. The molecule has 2 heterocycles. The molecular formula is C11H18N4O. The normalized spacial score (nSPS) is 20.7. The predicted molar refractivity (Wildman–Crippen MR) is 60.6 cm³/mol. The summed E-state index contributed by atoms with van der Waals surface area (Å²) in [7, 11) is 1.93. The summed E-state index contributed by atoms with van der Waals surface area (Å²) < 4.78 is 1.92. The first-order valence-electron chi connectivity index (χ1n) is 5.72. The molecule has 0 spiro atoms. The number of imidazole rings is 1.